The van der Waals surface area contributed by atoms with Crippen molar-refractivity contribution in [2.75, 3.05) is 0 Å². The number of benzene rings is 5. The van der Waals surface area contributed by atoms with Gasteiger partial charge in [0, 0.05) is 11.8 Å². The summed E-state index contributed by atoms with van der Waals surface area (Å²) in [7, 11) is 0. The molecule has 38 heavy (non-hydrogen) atoms. The van der Waals surface area contributed by atoms with Gasteiger partial charge in [-0.25, -0.2) is 0 Å². The molecule has 4 N–H and O–H groups in total. The highest BCUT2D eigenvalue weighted by atomic mass is 35.5. The number of rotatable bonds is 6. The fraction of sp³-hybridized carbons (Fsp3) is 0.0625. The molecule has 0 aromatic heterocycles. The molecule has 5 aromatic rings. The minimum absolute atomic E-state index is 0.00103. The Hall–Kier alpha value is -4.12. The minimum Gasteiger partial charge on any atom is -0.508 e. The standard InChI is InChI=1S/C32H24Cl2O4/c33-27-17-23(9-15-29(27)37)32(24-10-16-30(38)28(34)18-24)20-3-1-19(2-4-20)31(21-5-11-25(35)12-6-21)22-7-13-26(36)14-8-22/h1-18,31-32,35-38H. The van der Waals surface area contributed by atoms with Gasteiger partial charge in [0.1, 0.15) is 23.0 Å². The van der Waals surface area contributed by atoms with E-state index in [4.69, 9.17) is 23.2 Å². The molecular formula is C32H24Cl2O4. The van der Waals surface area contributed by atoms with Crippen LogP contribution in [0.3, 0.4) is 0 Å². The zero-order chi connectivity index (χ0) is 26.8. The molecule has 0 spiro atoms. The predicted octanol–water partition coefficient (Wildman–Crippen LogP) is 8.18. The van der Waals surface area contributed by atoms with E-state index in [1.165, 1.54) is 0 Å². The Balaban J connectivity index is 1.60. The minimum atomic E-state index is -0.263. The summed E-state index contributed by atoms with van der Waals surface area (Å²) in [6.07, 6.45) is 0. The van der Waals surface area contributed by atoms with Crippen molar-refractivity contribution in [3.63, 3.8) is 0 Å². The summed E-state index contributed by atoms with van der Waals surface area (Å²) >= 11 is 12.5. The second-order valence-corrected chi connectivity index (χ2v) is 9.95. The van der Waals surface area contributed by atoms with E-state index >= 15 is 0 Å². The van der Waals surface area contributed by atoms with Crippen LogP contribution in [0.25, 0.3) is 0 Å². The van der Waals surface area contributed by atoms with Gasteiger partial charge in [-0.1, -0.05) is 83.9 Å². The van der Waals surface area contributed by atoms with Gasteiger partial charge in [0.05, 0.1) is 10.0 Å². The van der Waals surface area contributed by atoms with Crippen LogP contribution >= 0.6 is 23.2 Å². The maximum atomic E-state index is 9.98. The Kier molecular flexibility index (Phi) is 7.19. The van der Waals surface area contributed by atoms with Gasteiger partial charge in [0.2, 0.25) is 0 Å². The van der Waals surface area contributed by atoms with E-state index < -0.39 is 0 Å². The summed E-state index contributed by atoms with van der Waals surface area (Å²) in [5, 5.41) is 40.1. The van der Waals surface area contributed by atoms with E-state index in [-0.39, 0.29) is 44.9 Å². The smallest absolute Gasteiger partial charge is 0.134 e. The van der Waals surface area contributed by atoms with Crippen LogP contribution in [0.15, 0.2) is 109 Å². The van der Waals surface area contributed by atoms with Crippen LogP contribution in [0.4, 0.5) is 0 Å². The molecule has 0 radical (unpaired) electrons. The topological polar surface area (TPSA) is 80.9 Å². The van der Waals surface area contributed by atoms with Gasteiger partial charge in [-0.05, 0) is 81.9 Å². The molecule has 0 aliphatic heterocycles. The third kappa shape index (κ3) is 5.28. The highest BCUT2D eigenvalue weighted by Gasteiger charge is 2.22. The normalized spacial score (nSPS) is 11.3. The summed E-state index contributed by atoms with van der Waals surface area (Å²) in [6, 6.07) is 32.6. The van der Waals surface area contributed by atoms with Crippen molar-refractivity contribution in [2.45, 2.75) is 11.8 Å². The Morgan fingerprint density at radius 3 is 0.947 bits per heavy atom. The monoisotopic (exact) mass is 542 g/mol. The zero-order valence-electron chi connectivity index (χ0n) is 20.1. The van der Waals surface area contributed by atoms with Crippen LogP contribution in [0, 0.1) is 0 Å². The molecule has 0 atom stereocenters. The molecule has 0 amide bonds. The molecule has 0 unspecified atom stereocenters. The first-order chi connectivity index (χ1) is 18.3. The predicted molar refractivity (Wildman–Crippen MR) is 151 cm³/mol. The van der Waals surface area contributed by atoms with E-state index in [2.05, 4.69) is 12.1 Å². The van der Waals surface area contributed by atoms with E-state index in [0.717, 1.165) is 33.4 Å². The van der Waals surface area contributed by atoms with Crippen LogP contribution in [-0.4, -0.2) is 20.4 Å². The summed E-state index contributed by atoms with van der Waals surface area (Å²) in [4.78, 5) is 0. The van der Waals surface area contributed by atoms with Gasteiger partial charge in [0.15, 0.2) is 0 Å². The molecule has 6 heteroatoms. The van der Waals surface area contributed by atoms with Gasteiger partial charge in [-0.2, -0.15) is 0 Å². The van der Waals surface area contributed by atoms with E-state index in [1.807, 2.05) is 48.5 Å². The lowest BCUT2D eigenvalue weighted by Gasteiger charge is -2.23. The SMILES string of the molecule is Oc1ccc(C(c2ccc(O)cc2)c2ccc(C(c3ccc(O)c(Cl)c3)c3ccc(O)c(Cl)c3)cc2)cc1. The molecule has 5 rings (SSSR count). The van der Waals surface area contributed by atoms with Crippen molar-refractivity contribution in [3.05, 3.63) is 153 Å². The lowest BCUT2D eigenvalue weighted by molar-refractivity contribution is 0.474. The third-order valence-electron chi connectivity index (χ3n) is 6.67. The number of hydrogen-bond acceptors (Lipinski definition) is 4. The number of halogens is 2. The average molecular weight is 543 g/mol. The van der Waals surface area contributed by atoms with Crippen molar-refractivity contribution in [3.8, 4) is 23.0 Å². The molecule has 0 aliphatic rings. The van der Waals surface area contributed by atoms with Gasteiger partial charge in [0.25, 0.3) is 0 Å². The molecule has 0 saturated heterocycles. The fourth-order valence-corrected chi connectivity index (χ4v) is 5.15. The average Bonchev–Trinajstić information content (AvgIpc) is 2.91. The van der Waals surface area contributed by atoms with Crippen LogP contribution in [0.1, 0.15) is 45.2 Å². The van der Waals surface area contributed by atoms with Crippen molar-refractivity contribution in [1.82, 2.24) is 0 Å². The van der Waals surface area contributed by atoms with E-state index in [9.17, 15) is 20.4 Å². The second-order valence-electron chi connectivity index (χ2n) is 9.14. The number of aromatic hydroxyl groups is 4. The number of phenolic OH excluding ortho intramolecular Hbond substituents is 4. The lowest BCUT2D eigenvalue weighted by atomic mass is 9.81. The van der Waals surface area contributed by atoms with Gasteiger partial charge in [-0.15, -0.1) is 0 Å². The summed E-state index contributed by atoms with van der Waals surface area (Å²) in [5.74, 6) is -0.0122. The van der Waals surface area contributed by atoms with Crippen LogP contribution in [0.2, 0.25) is 10.0 Å². The van der Waals surface area contributed by atoms with Crippen LogP contribution < -0.4 is 0 Å². The van der Waals surface area contributed by atoms with Crippen molar-refractivity contribution >= 4 is 23.2 Å². The van der Waals surface area contributed by atoms with Gasteiger partial charge < -0.3 is 20.4 Å². The first-order valence-electron chi connectivity index (χ1n) is 11.9. The maximum absolute atomic E-state index is 9.98. The number of phenols is 4. The molecular weight excluding hydrogens is 519 g/mol. The summed E-state index contributed by atoms with van der Waals surface area (Å²) < 4.78 is 0. The molecule has 0 aliphatic carbocycles. The van der Waals surface area contributed by atoms with Gasteiger partial charge in [-0.3, -0.25) is 0 Å². The lowest BCUT2D eigenvalue weighted by Crippen LogP contribution is -2.06. The van der Waals surface area contributed by atoms with Gasteiger partial charge >= 0.3 is 0 Å². The highest BCUT2D eigenvalue weighted by Crippen LogP contribution is 2.40. The van der Waals surface area contributed by atoms with Crippen molar-refractivity contribution < 1.29 is 20.4 Å². The van der Waals surface area contributed by atoms with E-state index in [0.29, 0.717) is 0 Å². The largest absolute Gasteiger partial charge is 0.508 e. The second kappa shape index (κ2) is 10.7. The molecule has 0 fully saturated rings. The Morgan fingerprint density at radius 2 is 0.632 bits per heavy atom. The fourth-order valence-electron chi connectivity index (χ4n) is 4.77. The quantitative estimate of drug-likeness (QED) is 0.163. The Bertz CT molecular complexity index is 1470. The highest BCUT2D eigenvalue weighted by molar-refractivity contribution is 6.32. The van der Waals surface area contributed by atoms with Crippen LogP contribution in [-0.2, 0) is 0 Å². The first-order valence-corrected chi connectivity index (χ1v) is 12.7. The first kappa shape index (κ1) is 25.5. The maximum Gasteiger partial charge on any atom is 0.134 e. The zero-order valence-corrected chi connectivity index (χ0v) is 21.6. The molecule has 5 aromatic carbocycles. The Labute approximate surface area is 230 Å². The molecule has 0 heterocycles. The van der Waals surface area contributed by atoms with E-state index in [1.54, 1.807) is 48.5 Å². The third-order valence-corrected chi connectivity index (χ3v) is 7.27. The Morgan fingerprint density at radius 1 is 0.368 bits per heavy atom. The van der Waals surface area contributed by atoms with Crippen molar-refractivity contribution in [1.29, 1.82) is 0 Å². The summed E-state index contributed by atoms with van der Waals surface area (Å²) in [5.41, 5.74) is 5.69. The van der Waals surface area contributed by atoms with Crippen LogP contribution in [0.5, 0.6) is 23.0 Å². The summed E-state index contributed by atoms with van der Waals surface area (Å²) in [6.45, 7) is 0. The number of hydrogen-bond donors (Lipinski definition) is 4. The molecule has 4 nitrogen and oxygen atoms in total. The molecule has 0 saturated carbocycles. The molecule has 0 bridgehead atoms. The molecule has 190 valence electrons. The van der Waals surface area contributed by atoms with Crippen molar-refractivity contribution in [2.24, 2.45) is 0 Å².